The largest absolute Gasteiger partial charge is 0.338 e. The lowest BCUT2D eigenvalue weighted by Crippen LogP contribution is -2.31. The van der Waals surface area contributed by atoms with E-state index < -0.39 is 10.0 Å². The molecule has 1 aliphatic heterocycles. The van der Waals surface area contributed by atoms with Crippen molar-refractivity contribution in [3.63, 3.8) is 0 Å². The van der Waals surface area contributed by atoms with Crippen molar-refractivity contribution >= 4 is 27.3 Å². The molecule has 1 unspecified atom stereocenters. The second-order valence-electron chi connectivity index (χ2n) is 5.99. The highest BCUT2D eigenvalue weighted by atomic mass is 32.2. The van der Waals surface area contributed by atoms with Crippen molar-refractivity contribution < 1.29 is 13.2 Å². The van der Waals surface area contributed by atoms with E-state index >= 15 is 0 Å². The molecule has 1 amide bonds. The van der Waals surface area contributed by atoms with E-state index in [9.17, 15) is 13.2 Å². The molecular weight excluding hydrogens is 308 g/mol. The number of hydrogen-bond acceptors (Lipinski definition) is 4. The molecule has 0 aromatic carbocycles. The Kier molecular flexibility index (Phi) is 4.07. The lowest BCUT2D eigenvalue weighted by Gasteiger charge is -2.18. The summed E-state index contributed by atoms with van der Waals surface area (Å²) in [7, 11) is -3.46. The van der Waals surface area contributed by atoms with Crippen molar-refractivity contribution in [2.45, 2.75) is 32.1 Å². The summed E-state index contributed by atoms with van der Waals surface area (Å²) in [6, 6.07) is 0. The molecule has 2 heterocycles. The maximum atomic E-state index is 12.6. The zero-order chi connectivity index (χ0) is 15.0. The van der Waals surface area contributed by atoms with E-state index in [4.69, 9.17) is 5.14 Å². The van der Waals surface area contributed by atoms with Crippen molar-refractivity contribution in [3.05, 3.63) is 21.4 Å². The number of aryl methyl sites for hydroxylation is 1. The molecular formula is C14H20N2O3S2. The third kappa shape index (κ3) is 3.30. The first-order valence-corrected chi connectivity index (χ1v) is 9.92. The van der Waals surface area contributed by atoms with Gasteiger partial charge in [0, 0.05) is 23.3 Å². The van der Waals surface area contributed by atoms with Gasteiger partial charge in [0.05, 0.1) is 11.3 Å². The Morgan fingerprint density at radius 3 is 2.90 bits per heavy atom. The minimum Gasteiger partial charge on any atom is -0.338 e. The summed E-state index contributed by atoms with van der Waals surface area (Å²) in [5.74, 6) is 0.00292. The first-order valence-electron chi connectivity index (χ1n) is 7.33. The topological polar surface area (TPSA) is 80.5 Å². The van der Waals surface area contributed by atoms with Crippen LogP contribution < -0.4 is 5.14 Å². The Balaban J connectivity index is 1.71. The van der Waals surface area contributed by atoms with E-state index in [0.29, 0.717) is 19.5 Å². The smallest absolute Gasteiger partial charge is 0.254 e. The molecule has 7 heteroatoms. The van der Waals surface area contributed by atoms with Crippen LogP contribution in [0.5, 0.6) is 0 Å². The molecule has 0 spiro atoms. The molecule has 1 aromatic rings. The molecule has 0 saturated carbocycles. The molecule has 1 atom stereocenters. The van der Waals surface area contributed by atoms with Gasteiger partial charge in [-0.25, -0.2) is 13.6 Å². The first-order chi connectivity index (χ1) is 9.94. The highest BCUT2D eigenvalue weighted by Gasteiger charge is 2.31. The van der Waals surface area contributed by atoms with Crippen LogP contribution in [0.25, 0.3) is 0 Å². The lowest BCUT2D eigenvalue weighted by molar-refractivity contribution is 0.0787. The molecule has 5 nitrogen and oxygen atoms in total. The van der Waals surface area contributed by atoms with Crippen LogP contribution in [0.15, 0.2) is 5.38 Å². The average Bonchev–Trinajstić information content (AvgIpc) is 3.02. The van der Waals surface area contributed by atoms with Gasteiger partial charge in [0.2, 0.25) is 10.0 Å². The van der Waals surface area contributed by atoms with Gasteiger partial charge in [-0.3, -0.25) is 4.79 Å². The van der Waals surface area contributed by atoms with Crippen molar-refractivity contribution in [2.75, 3.05) is 18.8 Å². The highest BCUT2D eigenvalue weighted by Crippen LogP contribution is 2.32. The Hall–Kier alpha value is -0.920. The van der Waals surface area contributed by atoms with Gasteiger partial charge in [-0.1, -0.05) is 0 Å². The third-order valence-corrected chi connectivity index (χ3v) is 6.36. The van der Waals surface area contributed by atoms with Crippen LogP contribution in [0.1, 0.15) is 40.1 Å². The number of primary sulfonamides is 1. The number of amides is 1. The number of likely N-dealkylation sites (tertiary alicyclic amines) is 1. The number of carbonyl (C=O) groups excluding carboxylic acids is 1. The van der Waals surface area contributed by atoms with Crippen LogP contribution in [-0.2, 0) is 22.9 Å². The summed E-state index contributed by atoms with van der Waals surface area (Å²) >= 11 is 1.69. The van der Waals surface area contributed by atoms with Crippen molar-refractivity contribution in [3.8, 4) is 0 Å². The molecule has 21 heavy (non-hydrogen) atoms. The SMILES string of the molecule is NS(=O)(=O)CC1CCN(C(=O)c2csc3c2CCCC3)C1. The van der Waals surface area contributed by atoms with Crippen LogP contribution in [0, 0.1) is 5.92 Å². The normalized spacial score (nSPS) is 22.3. The fraction of sp³-hybridized carbons (Fsp3) is 0.643. The fourth-order valence-corrected chi connectivity index (χ4v) is 5.37. The van der Waals surface area contributed by atoms with Crippen LogP contribution in [-0.4, -0.2) is 38.1 Å². The number of carbonyl (C=O) groups is 1. The van der Waals surface area contributed by atoms with E-state index in [1.807, 2.05) is 5.38 Å². The third-order valence-electron chi connectivity index (χ3n) is 4.33. The molecule has 1 aromatic heterocycles. The number of hydrogen-bond donors (Lipinski definition) is 1. The Labute approximate surface area is 129 Å². The van der Waals surface area contributed by atoms with Crippen molar-refractivity contribution in [2.24, 2.45) is 11.1 Å². The maximum absolute atomic E-state index is 12.6. The molecule has 1 fully saturated rings. The van der Waals surface area contributed by atoms with Crippen molar-refractivity contribution in [1.29, 1.82) is 0 Å². The number of rotatable bonds is 3. The Bertz CT molecular complexity index is 651. The summed E-state index contributed by atoms with van der Waals surface area (Å²) in [5.41, 5.74) is 2.07. The molecule has 1 saturated heterocycles. The molecule has 2 aliphatic rings. The minimum atomic E-state index is -3.46. The second-order valence-corrected chi connectivity index (χ2v) is 8.62. The predicted molar refractivity (Wildman–Crippen MR) is 82.9 cm³/mol. The van der Waals surface area contributed by atoms with E-state index in [0.717, 1.165) is 24.8 Å². The number of nitrogens with two attached hydrogens (primary N) is 1. The van der Waals surface area contributed by atoms with E-state index in [1.54, 1.807) is 16.2 Å². The molecule has 0 bridgehead atoms. The molecule has 2 N–H and O–H groups in total. The molecule has 116 valence electrons. The molecule has 3 rings (SSSR count). The van der Waals surface area contributed by atoms with E-state index in [1.165, 1.54) is 16.9 Å². The van der Waals surface area contributed by atoms with Crippen LogP contribution in [0.3, 0.4) is 0 Å². The summed E-state index contributed by atoms with van der Waals surface area (Å²) in [6.07, 6.45) is 5.16. The molecule has 1 aliphatic carbocycles. The van der Waals surface area contributed by atoms with Crippen LogP contribution in [0.2, 0.25) is 0 Å². The first kappa shape index (κ1) is 15.0. The van der Waals surface area contributed by atoms with Gasteiger partial charge in [-0.2, -0.15) is 0 Å². The average molecular weight is 328 g/mol. The highest BCUT2D eigenvalue weighted by molar-refractivity contribution is 7.89. The maximum Gasteiger partial charge on any atom is 0.254 e. The second kappa shape index (κ2) is 5.70. The molecule has 0 radical (unpaired) electrons. The predicted octanol–water partition coefficient (Wildman–Crippen LogP) is 1.38. The van der Waals surface area contributed by atoms with Crippen molar-refractivity contribution in [1.82, 2.24) is 4.90 Å². The Morgan fingerprint density at radius 2 is 2.14 bits per heavy atom. The van der Waals surface area contributed by atoms with Gasteiger partial charge in [-0.05, 0) is 43.6 Å². The number of thiophene rings is 1. The van der Waals surface area contributed by atoms with Gasteiger partial charge < -0.3 is 4.90 Å². The van der Waals surface area contributed by atoms with Gasteiger partial charge >= 0.3 is 0 Å². The number of nitrogens with zero attached hydrogens (tertiary/aromatic N) is 1. The van der Waals surface area contributed by atoms with Gasteiger partial charge in [0.25, 0.3) is 5.91 Å². The minimum absolute atomic E-state index is 0.0292. The summed E-state index contributed by atoms with van der Waals surface area (Å²) in [5, 5.41) is 7.07. The van der Waals surface area contributed by atoms with E-state index in [2.05, 4.69) is 0 Å². The van der Waals surface area contributed by atoms with Gasteiger partial charge in [0.1, 0.15) is 0 Å². The number of sulfonamides is 1. The summed E-state index contributed by atoms with van der Waals surface area (Å²) in [6.45, 7) is 1.13. The summed E-state index contributed by atoms with van der Waals surface area (Å²) in [4.78, 5) is 15.8. The summed E-state index contributed by atoms with van der Waals surface area (Å²) < 4.78 is 22.3. The number of fused-ring (bicyclic) bond motifs is 1. The fourth-order valence-electron chi connectivity index (χ4n) is 3.33. The zero-order valence-electron chi connectivity index (χ0n) is 11.9. The van der Waals surface area contributed by atoms with Crippen LogP contribution >= 0.6 is 11.3 Å². The zero-order valence-corrected chi connectivity index (χ0v) is 13.5. The quantitative estimate of drug-likeness (QED) is 0.910. The van der Waals surface area contributed by atoms with Gasteiger partial charge in [0.15, 0.2) is 0 Å². The monoisotopic (exact) mass is 328 g/mol. The Morgan fingerprint density at radius 1 is 1.38 bits per heavy atom. The van der Waals surface area contributed by atoms with E-state index in [-0.39, 0.29) is 17.6 Å². The van der Waals surface area contributed by atoms with Crippen LogP contribution in [0.4, 0.5) is 0 Å². The lowest BCUT2D eigenvalue weighted by atomic mass is 9.95. The van der Waals surface area contributed by atoms with Gasteiger partial charge in [-0.15, -0.1) is 11.3 Å². The standard InChI is InChI=1S/C14H20N2O3S2/c15-21(18,19)9-10-5-6-16(7-10)14(17)12-8-20-13-4-2-1-3-11(12)13/h8,10H,1-7,9H2,(H2,15,18,19).